The normalized spacial score (nSPS) is 17.1. The van der Waals surface area contributed by atoms with E-state index in [0.717, 1.165) is 25.2 Å². The first-order chi connectivity index (χ1) is 11.3. The number of aromatic nitrogens is 2. The second kappa shape index (κ2) is 7.78. The van der Waals surface area contributed by atoms with Crippen LogP contribution in [0.4, 0.5) is 0 Å². The third kappa shape index (κ3) is 4.56. The van der Waals surface area contributed by atoms with Crippen LogP contribution in [0.2, 0.25) is 0 Å². The average molecular weight is 315 g/mol. The molecule has 0 aliphatic carbocycles. The number of hydrogen-bond donors (Lipinski definition) is 1. The van der Waals surface area contributed by atoms with Crippen LogP contribution in [0.5, 0.6) is 5.75 Å². The molecule has 23 heavy (non-hydrogen) atoms. The van der Waals surface area contributed by atoms with Crippen LogP contribution >= 0.6 is 0 Å². The SMILES string of the molecule is O=C(NCCn1ccnc1)c1ccc(OC[C@H]2CCCO2)cc1. The lowest BCUT2D eigenvalue weighted by Crippen LogP contribution is -2.26. The Hall–Kier alpha value is -2.34. The fourth-order valence-electron chi connectivity index (χ4n) is 2.49. The number of nitrogens with zero attached hydrogens (tertiary/aromatic N) is 2. The second-order valence-corrected chi connectivity index (χ2v) is 5.53. The van der Waals surface area contributed by atoms with Crippen molar-refractivity contribution in [3.05, 3.63) is 48.5 Å². The predicted octanol–water partition coefficient (Wildman–Crippen LogP) is 1.87. The lowest BCUT2D eigenvalue weighted by Gasteiger charge is -2.12. The van der Waals surface area contributed by atoms with Crippen LogP contribution in [0.25, 0.3) is 0 Å². The molecule has 1 N–H and O–H groups in total. The zero-order chi connectivity index (χ0) is 15.9. The maximum atomic E-state index is 12.1. The van der Waals surface area contributed by atoms with Gasteiger partial charge in [0.05, 0.1) is 12.4 Å². The highest BCUT2D eigenvalue weighted by Gasteiger charge is 2.16. The molecule has 1 aromatic carbocycles. The Morgan fingerprint density at radius 3 is 2.96 bits per heavy atom. The van der Waals surface area contributed by atoms with Crippen molar-refractivity contribution >= 4 is 5.91 Å². The molecule has 0 radical (unpaired) electrons. The fourth-order valence-corrected chi connectivity index (χ4v) is 2.49. The number of benzene rings is 1. The summed E-state index contributed by atoms with van der Waals surface area (Å²) in [7, 11) is 0. The van der Waals surface area contributed by atoms with Crippen molar-refractivity contribution in [1.82, 2.24) is 14.9 Å². The molecule has 122 valence electrons. The molecule has 0 spiro atoms. The summed E-state index contributed by atoms with van der Waals surface area (Å²) in [6.45, 7) is 2.66. The Balaban J connectivity index is 1.43. The van der Waals surface area contributed by atoms with Crippen LogP contribution in [0.1, 0.15) is 23.2 Å². The number of rotatable bonds is 7. The summed E-state index contributed by atoms with van der Waals surface area (Å²) in [6.07, 6.45) is 7.67. The van der Waals surface area contributed by atoms with Crippen LogP contribution in [0, 0.1) is 0 Å². The Labute approximate surface area is 135 Å². The van der Waals surface area contributed by atoms with Gasteiger partial charge >= 0.3 is 0 Å². The zero-order valence-corrected chi connectivity index (χ0v) is 13.0. The van der Waals surface area contributed by atoms with Crippen molar-refractivity contribution in [2.45, 2.75) is 25.5 Å². The quantitative estimate of drug-likeness (QED) is 0.847. The maximum absolute atomic E-state index is 12.1. The van der Waals surface area contributed by atoms with Crippen molar-refractivity contribution in [3.63, 3.8) is 0 Å². The molecule has 6 nitrogen and oxygen atoms in total. The number of amides is 1. The molecule has 2 heterocycles. The molecular weight excluding hydrogens is 294 g/mol. The third-order valence-electron chi connectivity index (χ3n) is 3.79. The largest absolute Gasteiger partial charge is 0.491 e. The topological polar surface area (TPSA) is 65.4 Å². The van der Waals surface area contributed by atoms with E-state index in [-0.39, 0.29) is 12.0 Å². The maximum Gasteiger partial charge on any atom is 0.251 e. The van der Waals surface area contributed by atoms with Crippen molar-refractivity contribution in [2.24, 2.45) is 0 Å². The molecule has 1 saturated heterocycles. The van der Waals surface area contributed by atoms with Crippen LogP contribution in [-0.2, 0) is 11.3 Å². The van der Waals surface area contributed by atoms with E-state index in [1.165, 1.54) is 0 Å². The predicted molar refractivity (Wildman–Crippen MR) is 85.5 cm³/mol. The van der Waals surface area contributed by atoms with Crippen LogP contribution in [0.3, 0.4) is 0 Å². The van der Waals surface area contributed by atoms with Gasteiger partial charge in [0.15, 0.2) is 0 Å². The number of carbonyl (C=O) groups is 1. The van der Waals surface area contributed by atoms with Gasteiger partial charge in [-0.1, -0.05) is 0 Å². The van der Waals surface area contributed by atoms with E-state index < -0.39 is 0 Å². The van der Waals surface area contributed by atoms with Crippen molar-refractivity contribution < 1.29 is 14.3 Å². The molecule has 1 fully saturated rings. The zero-order valence-electron chi connectivity index (χ0n) is 13.0. The molecular formula is C17H21N3O3. The summed E-state index contributed by atoms with van der Waals surface area (Å²) < 4.78 is 13.1. The highest BCUT2D eigenvalue weighted by molar-refractivity contribution is 5.94. The first-order valence-corrected chi connectivity index (χ1v) is 7.90. The second-order valence-electron chi connectivity index (χ2n) is 5.53. The average Bonchev–Trinajstić information content (AvgIpc) is 3.27. The van der Waals surface area contributed by atoms with Crippen LogP contribution < -0.4 is 10.1 Å². The monoisotopic (exact) mass is 315 g/mol. The molecule has 2 aromatic rings. The van der Waals surface area contributed by atoms with Gasteiger partial charge in [-0.15, -0.1) is 0 Å². The van der Waals surface area contributed by atoms with Gasteiger partial charge in [-0.3, -0.25) is 4.79 Å². The minimum Gasteiger partial charge on any atom is -0.491 e. The Bertz CT molecular complexity index is 605. The molecule has 0 bridgehead atoms. The molecule has 0 saturated carbocycles. The number of hydrogen-bond acceptors (Lipinski definition) is 4. The number of carbonyl (C=O) groups excluding carboxylic acids is 1. The lowest BCUT2D eigenvalue weighted by atomic mass is 10.2. The van der Waals surface area contributed by atoms with E-state index in [9.17, 15) is 4.79 Å². The number of imidazole rings is 1. The van der Waals surface area contributed by atoms with Gasteiger partial charge in [0.2, 0.25) is 0 Å². The molecule has 6 heteroatoms. The summed E-state index contributed by atoms with van der Waals surface area (Å²) in [5.74, 6) is 0.672. The fraction of sp³-hybridized carbons (Fsp3) is 0.412. The van der Waals surface area contributed by atoms with Gasteiger partial charge in [-0.25, -0.2) is 4.98 Å². The molecule has 3 rings (SSSR count). The van der Waals surface area contributed by atoms with Crippen LogP contribution in [-0.4, -0.2) is 41.3 Å². The van der Waals surface area contributed by atoms with Crippen molar-refractivity contribution in [3.8, 4) is 5.75 Å². The molecule has 1 aliphatic rings. The Morgan fingerprint density at radius 2 is 2.26 bits per heavy atom. The van der Waals surface area contributed by atoms with Gasteiger partial charge in [0.1, 0.15) is 12.4 Å². The van der Waals surface area contributed by atoms with Crippen molar-refractivity contribution in [2.75, 3.05) is 19.8 Å². The lowest BCUT2D eigenvalue weighted by molar-refractivity contribution is 0.0679. The first kappa shape index (κ1) is 15.6. The summed E-state index contributed by atoms with van der Waals surface area (Å²) in [6, 6.07) is 7.19. The standard InChI is InChI=1S/C17H21N3O3/c21-17(19-8-10-20-9-7-18-13-20)14-3-5-15(6-4-14)23-12-16-2-1-11-22-16/h3-7,9,13,16H,1-2,8,10-12H2,(H,19,21)/t16-/m1/s1. The smallest absolute Gasteiger partial charge is 0.251 e. The molecule has 0 unspecified atom stereocenters. The van der Waals surface area contributed by atoms with Gasteiger partial charge in [0.25, 0.3) is 5.91 Å². The number of ether oxygens (including phenoxy) is 2. The van der Waals surface area contributed by atoms with Gasteiger partial charge in [-0.05, 0) is 37.1 Å². The first-order valence-electron chi connectivity index (χ1n) is 7.90. The Kier molecular flexibility index (Phi) is 5.26. The van der Waals surface area contributed by atoms with Gasteiger partial charge in [-0.2, -0.15) is 0 Å². The van der Waals surface area contributed by atoms with Gasteiger partial charge in [0, 0.05) is 37.7 Å². The molecule has 1 aliphatic heterocycles. The minimum atomic E-state index is -0.0872. The summed E-state index contributed by atoms with van der Waals surface area (Å²) >= 11 is 0. The van der Waals surface area contributed by atoms with E-state index in [1.807, 2.05) is 22.9 Å². The molecule has 1 atom stereocenters. The van der Waals surface area contributed by atoms with Gasteiger partial charge < -0.3 is 19.4 Å². The van der Waals surface area contributed by atoms with Crippen LogP contribution in [0.15, 0.2) is 43.0 Å². The molecule has 1 amide bonds. The van der Waals surface area contributed by atoms with E-state index in [1.54, 1.807) is 24.7 Å². The third-order valence-corrected chi connectivity index (χ3v) is 3.79. The number of nitrogens with one attached hydrogen (secondary N) is 1. The summed E-state index contributed by atoms with van der Waals surface area (Å²) in [4.78, 5) is 16.0. The summed E-state index contributed by atoms with van der Waals surface area (Å²) in [5, 5.41) is 2.89. The van der Waals surface area contributed by atoms with E-state index >= 15 is 0 Å². The summed E-state index contributed by atoms with van der Waals surface area (Å²) in [5.41, 5.74) is 0.625. The van der Waals surface area contributed by atoms with E-state index in [0.29, 0.717) is 25.3 Å². The highest BCUT2D eigenvalue weighted by Crippen LogP contribution is 2.16. The van der Waals surface area contributed by atoms with E-state index in [4.69, 9.17) is 9.47 Å². The highest BCUT2D eigenvalue weighted by atomic mass is 16.5. The molecule has 1 aromatic heterocycles. The van der Waals surface area contributed by atoms with E-state index in [2.05, 4.69) is 10.3 Å². The minimum absolute atomic E-state index is 0.0872. The Morgan fingerprint density at radius 1 is 1.39 bits per heavy atom. The van der Waals surface area contributed by atoms with Crippen molar-refractivity contribution in [1.29, 1.82) is 0 Å².